The summed E-state index contributed by atoms with van der Waals surface area (Å²) in [6, 6.07) is 10.0. The molecule has 17 heavy (non-hydrogen) atoms. The van der Waals surface area contributed by atoms with Crippen LogP contribution < -0.4 is 5.32 Å². The molecule has 0 radical (unpaired) electrons. The Balaban J connectivity index is 1.95. The molecule has 2 N–H and O–H groups in total. The molecule has 0 spiro atoms. The van der Waals surface area contributed by atoms with Crippen molar-refractivity contribution in [1.29, 1.82) is 0 Å². The molecule has 1 aromatic carbocycles. The van der Waals surface area contributed by atoms with Crippen LogP contribution in [0.2, 0.25) is 0 Å². The molecule has 0 bridgehead atoms. The van der Waals surface area contributed by atoms with Crippen LogP contribution in [0, 0.1) is 6.92 Å². The topological polar surface area (TPSA) is 53.6 Å². The zero-order valence-corrected chi connectivity index (χ0v) is 9.44. The van der Waals surface area contributed by atoms with Crippen LogP contribution in [0.25, 0.3) is 10.9 Å². The maximum Gasteiger partial charge on any atom is 0.204 e. The van der Waals surface area contributed by atoms with Gasteiger partial charge in [-0.2, -0.15) is 0 Å². The highest BCUT2D eigenvalue weighted by Crippen LogP contribution is 2.19. The number of rotatable bonds is 2. The smallest absolute Gasteiger partial charge is 0.204 e. The highest BCUT2D eigenvalue weighted by molar-refractivity contribution is 5.82. The lowest BCUT2D eigenvalue weighted by Gasteiger charge is -2.04. The molecule has 2 heterocycles. The monoisotopic (exact) mass is 224 g/mol. The summed E-state index contributed by atoms with van der Waals surface area (Å²) < 4.78 is 0. The van der Waals surface area contributed by atoms with Gasteiger partial charge in [-0.05, 0) is 31.2 Å². The van der Waals surface area contributed by atoms with E-state index < -0.39 is 0 Å². The first-order chi connectivity index (χ1) is 8.31. The Hall–Kier alpha value is -2.36. The zero-order valence-electron chi connectivity index (χ0n) is 9.44. The normalized spacial score (nSPS) is 10.6. The van der Waals surface area contributed by atoms with E-state index in [9.17, 15) is 0 Å². The van der Waals surface area contributed by atoms with E-state index in [0.717, 1.165) is 28.2 Å². The van der Waals surface area contributed by atoms with E-state index in [1.54, 1.807) is 12.4 Å². The van der Waals surface area contributed by atoms with Crippen molar-refractivity contribution >= 4 is 22.5 Å². The number of hydrogen-bond acceptors (Lipinski definition) is 3. The Morgan fingerprint density at radius 1 is 1.18 bits per heavy atom. The van der Waals surface area contributed by atoms with Gasteiger partial charge < -0.3 is 10.3 Å². The number of imidazole rings is 1. The summed E-state index contributed by atoms with van der Waals surface area (Å²) in [4.78, 5) is 11.6. The summed E-state index contributed by atoms with van der Waals surface area (Å²) in [6.45, 7) is 1.97. The van der Waals surface area contributed by atoms with E-state index in [1.807, 2.05) is 31.2 Å². The molecule has 0 saturated carbocycles. The lowest BCUT2D eigenvalue weighted by atomic mass is 10.2. The van der Waals surface area contributed by atoms with Gasteiger partial charge in [0.1, 0.15) is 0 Å². The number of pyridine rings is 1. The molecule has 0 amide bonds. The maximum absolute atomic E-state index is 4.28. The van der Waals surface area contributed by atoms with Crippen molar-refractivity contribution in [1.82, 2.24) is 15.0 Å². The van der Waals surface area contributed by atoms with Gasteiger partial charge in [0.25, 0.3) is 0 Å². The van der Waals surface area contributed by atoms with Gasteiger partial charge in [0, 0.05) is 29.2 Å². The molecular formula is C13H12N4. The minimum absolute atomic E-state index is 0.755. The van der Waals surface area contributed by atoms with Gasteiger partial charge in [-0.15, -0.1) is 0 Å². The molecule has 0 saturated heterocycles. The summed E-state index contributed by atoms with van der Waals surface area (Å²) in [5, 5.41) is 4.33. The third-order valence-electron chi connectivity index (χ3n) is 2.57. The number of aromatic nitrogens is 3. The van der Waals surface area contributed by atoms with Crippen molar-refractivity contribution in [3.63, 3.8) is 0 Å². The minimum atomic E-state index is 0.755. The summed E-state index contributed by atoms with van der Waals surface area (Å²) in [7, 11) is 0. The van der Waals surface area contributed by atoms with Gasteiger partial charge in [-0.3, -0.25) is 4.98 Å². The second kappa shape index (κ2) is 3.90. The van der Waals surface area contributed by atoms with Crippen LogP contribution in [-0.4, -0.2) is 15.0 Å². The predicted molar refractivity (Wildman–Crippen MR) is 68.4 cm³/mol. The van der Waals surface area contributed by atoms with Crippen molar-refractivity contribution < 1.29 is 0 Å². The van der Waals surface area contributed by atoms with Crippen LogP contribution in [0.1, 0.15) is 5.69 Å². The molecular weight excluding hydrogens is 212 g/mol. The molecule has 3 aromatic rings. The summed E-state index contributed by atoms with van der Waals surface area (Å²) >= 11 is 0. The number of anilines is 2. The number of aryl methyl sites for hydroxylation is 1. The van der Waals surface area contributed by atoms with Gasteiger partial charge in [-0.25, -0.2) is 4.98 Å². The van der Waals surface area contributed by atoms with Crippen molar-refractivity contribution in [2.75, 3.05) is 5.32 Å². The van der Waals surface area contributed by atoms with Crippen molar-refractivity contribution in [3.05, 3.63) is 48.4 Å². The first kappa shape index (κ1) is 9.84. The van der Waals surface area contributed by atoms with Crippen molar-refractivity contribution in [2.45, 2.75) is 6.92 Å². The Bertz CT molecular complexity index is 657. The predicted octanol–water partition coefficient (Wildman–Crippen LogP) is 3.01. The van der Waals surface area contributed by atoms with Crippen LogP contribution in [0.15, 0.2) is 42.7 Å². The lowest BCUT2D eigenvalue weighted by Crippen LogP contribution is -1.92. The molecule has 4 heteroatoms. The van der Waals surface area contributed by atoms with Crippen molar-refractivity contribution in [3.8, 4) is 0 Å². The molecule has 0 aliphatic heterocycles. The largest absolute Gasteiger partial charge is 0.328 e. The third kappa shape index (κ3) is 1.97. The molecule has 0 fully saturated rings. The second-order valence-electron chi connectivity index (χ2n) is 3.95. The average Bonchev–Trinajstić information content (AvgIpc) is 2.75. The van der Waals surface area contributed by atoms with E-state index in [-0.39, 0.29) is 0 Å². The van der Waals surface area contributed by atoms with Crippen LogP contribution in [0.4, 0.5) is 11.6 Å². The van der Waals surface area contributed by atoms with Crippen LogP contribution in [0.3, 0.4) is 0 Å². The highest BCUT2D eigenvalue weighted by atomic mass is 15.1. The molecule has 0 atom stereocenters. The molecule has 4 nitrogen and oxygen atoms in total. The first-order valence-corrected chi connectivity index (χ1v) is 5.45. The number of nitrogens with zero attached hydrogens (tertiary/aromatic N) is 2. The molecule has 2 aromatic heterocycles. The summed E-state index contributed by atoms with van der Waals surface area (Å²) in [6.07, 6.45) is 3.59. The highest BCUT2D eigenvalue weighted by Gasteiger charge is 1.99. The molecule has 0 aliphatic rings. The number of hydrogen-bond donors (Lipinski definition) is 2. The third-order valence-corrected chi connectivity index (χ3v) is 2.57. The Labute approximate surface area is 98.7 Å². The number of H-pyrrole nitrogens is 1. The standard InChI is InChI=1S/C13H12N4/c1-9-8-15-13(16-9)17-11-4-5-12-10(7-11)3-2-6-14-12/h2-8H,1H3,(H2,15,16,17). The van der Waals surface area contributed by atoms with Gasteiger partial charge in [0.15, 0.2) is 0 Å². The van der Waals surface area contributed by atoms with Crippen LogP contribution in [-0.2, 0) is 0 Å². The fraction of sp³-hybridized carbons (Fsp3) is 0.0769. The van der Waals surface area contributed by atoms with E-state index in [0.29, 0.717) is 0 Å². The Morgan fingerprint density at radius 2 is 2.12 bits per heavy atom. The van der Waals surface area contributed by atoms with Gasteiger partial charge >= 0.3 is 0 Å². The van der Waals surface area contributed by atoms with Gasteiger partial charge in [-0.1, -0.05) is 6.07 Å². The van der Waals surface area contributed by atoms with E-state index in [1.165, 1.54) is 0 Å². The number of fused-ring (bicyclic) bond motifs is 1. The van der Waals surface area contributed by atoms with Crippen molar-refractivity contribution in [2.24, 2.45) is 0 Å². The minimum Gasteiger partial charge on any atom is -0.328 e. The quantitative estimate of drug-likeness (QED) is 0.703. The SMILES string of the molecule is Cc1cnc(Nc2ccc3ncccc3c2)[nH]1. The summed E-state index contributed by atoms with van der Waals surface area (Å²) in [5.74, 6) is 0.755. The molecule has 0 unspecified atom stereocenters. The van der Waals surface area contributed by atoms with Crippen LogP contribution >= 0.6 is 0 Å². The summed E-state index contributed by atoms with van der Waals surface area (Å²) in [5.41, 5.74) is 3.03. The fourth-order valence-electron chi connectivity index (χ4n) is 1.77. The van der Waals surface area contributed by atoms with E-state index in [2.05, 4.69) is 26.3 Å². The van der Waals surface area contributed by atoms with Gasteiger partial charge in [0.2, 0.25) is 5.95 Å². The number of benzene rings is 1. The molecule has 3 rings (SSSR count). The first-order valence-electron chi connectivity index (χ1n) is 5.45. The second-order valence-corrected chi connectivity index (χ2v) is 3.95. The number of nitrogens with one attached hydrogen (secondary N) is 2. The lowest BCUT2D eigenvalue weighted by molar-refractivity contribution is 1.24. The average molecular weight is 224 g/mol. The number of aromatic amines is 1. The zero-order chi connectivity index (χ0) is 11.7. The fourth-order valence-corrected chi connectivity index (χ4v) is 1.77. The molecule has 0 aliphatic carbocycles. The molecule has 84 valence electrons. The Kier molecular flexibility index (Phi) is 2.26. The van der Waals surface area contributed by atoms with E-state index >= 15 is 0 Å². The van der Waals surface area contributed by atoms with Gasteiger partial charge in [0.05, 0.1) is 5.52 Å². The van der Waals surface area contributed by atoms with Crippen LogP contribution in [0.5, 0.6) is 0 Å². The maximum atomic E-state index is 4.28. The Morgan fingerprint density at radius 3 is 2.94 bits per heavy atom. The van der Waals surface area contributed by atoms with E-state index in [4.69, 9.17) is 0 Å².